The first-order valence-electron chi connectivity index (χ1n) is 13.8. The highest BCUT2D eigenvalue weighted by atomic mass is 16.6. The van der Waals surface area contributed by atoms with Crippen molar-refractivity contribution in [3.05, 3.63) is 71.9 Å². The largest absolute Gasteiger partial charge is 0.480 e. The number of aromatic amines is 1. The highest BCUT2D eigenvalue weighted by Gasteiger charge is 2.45. The van der Waals surface area contributed by atoms with E-state index in [1.54, 1.807) is 39.1 Å². The molecule has 2 heterocycles. The number of carbonyl (C=O) groups excluding carboxylic acids is 3. The van der Waals surface area contributed by atoms with Crippen LogP contribution in [0.2, 0.25) is 0 Å². The third kappa shape index (κ3) is 7.20. The summed E-state index contributed by atoms with van der Waals surface area (Å²) < 4.78 is 16.1. The molecule has 0 saturated carbocycles. The Hall–Kier alpha value is -4.54. The molecule has 2 N–H and O–H groups in total. The average molecular weight is 580 g/mol. The fourth-order valence-electron chi connectivity index (χ4n) is 5.22. The molecule has 1 saturated heterocycles. The molecule has 1 fully saturated rings. The fraction of sp³-hybridized carbons (Fsp3) is 0.419. The van der Waals surface area contributed by atoms with Gasteiger partial charge < -0.3 is 24.3 Å². The monoisotopic (exact) mass is 579 g/mol. The predicted molar refractivity (Wildman–Crippen MR) is 154 cm³/mol. The summed E-state index contributed by atoms with van der Waals surface area (Å²) in [4.78, 5) is 57.8. The third-order valence-electron chi connectivity index (χ3n) is 7.18. The van der Waals surface area contributed by atoms with Crippen LogP contribution >= 0.6 is 0 Å². The van der Waals surface area contributed by atoms with E-state index >= 15 is 0 Å². The van der Waals surface area contributed by atoms with E-state index in [2.05, 4.69) is 4.98 Å². The second-order valence-corrected chi connectivity index (χ2v) is 11.3. The SMILES string of the molecule is COC(=O)[C@H]1CC[C@H](CN(C(=O)OC(C)(C)C)[C@H](Cc2c[nH]c3ccccc23)C(=O)O)N1C(=O)OCc1ccccc1. The first-order chi connectivity index (χ1) is 20.0. The Morgan fingerprint density at radius 3 is 2.40 bits per heavy atom. The topological polar surface area (TPSA) is 138 Å². The number of esters is 1. The molecule has 0 unspecified atom stereocenters. The van der Waals surface area contributed by atoms with E-state index in [-0.39, 0.29) is 26.0 Å². The molecule has 11 heteroatoms. The number of hydrogen-bond acceptors (Lipinski definition) is 7. The number of nitrogens with one attached hydrogen (secondary N) is 1. The lowest BCUT2D eigenvalue weighted by Crippen LogP contribution is -2.55. The van der Waals surface area contributed by atoms with Crippen LogP contribution in [0, 0.1) is 0 Å². The maximum atomic E-state index is 13.5. The first-order valence-corrected chi connectivity index (χ1v) is 13.8. The van der Waals surface area contributed by atoms with Crippen molar-refractivity contribution in [2.45, 2.75) is 70.4 Å². The van der Waals surface area contributed by atoms with Crippen LogP contribution in [0.15, 0.2) is 60.8 Å². The van der Waals surface area contributed by atoms with Crippen molar-refractivity contribution in [1.82, 2.24) is 14.8 Å². The molecule has 11 nitrogen and oxygen atoms in total. The zero-order valence-corrected chi connectivity index (χ0v) is 24.2. The second-order valence-electron chi connectivity index (χ2n) is 11.3. The van der Waals surface area contributed by atoms with E-state index in [0.717, 1.165) is 21.4 Å². The van der Waals surface area contributed by atoms with E-state index in [0.29, 0.717) is 12.0 Å². The lowest BCUT2D eigenvalue weighted by molar-refractivity contribution is -0.146. The van der Waals surface area contributed by atoms with Crippen LogP contribution in [0.5, 0.6) is 0 Å². The van der Waals surface area contributed by atoms with Crippen molar-refractivity contribution >= 4 is 35.0 Å². The van der Waals surface area contributed by atoms with Gasteiger partial charge in [-0.25, -0.2) is 19.2 Å². The molecule has 0 bridgehead atoms. The molecule has 0 spiro atoms. The summed E-state index contributed by atoms with van der Waals surface area (Å²) in [6, 6.07) is 13.6. The molecule has 3 aromatic rings. The number of nitrogens with zero attached hydrogens (tertiary/aromatic N) is 2. The first kappa shape index (κ1) is 30.4. The number of amides is 2. The van der Waals surface area contributed by atoms with Crippen LogP contribution in [0.3, 0.4) is 0 Å². The molecule has 3 atom stereocenters. The van der Waals surface area contributed by atoms with Gasteiger partial charge in [-0.15, -0.1) is 0 Å². The number of hydrogen-bond donors (Lipinski definition) is 2. The van der Waals surface area contributed by atoms with Crippen LogP contribution in [0.25, 0.3) is 10.9 Å². The molecule has 0 radical (unpaired) electrons. The van der Waals surface area contributed by atoms with Gasteiger partial charge in [-0.05, 0) is 50.8 Å². The summed E-state index contributed by atoms with van der Waals surface area (Å²) in [7, 11) is 1.23. The predicted octanol–water partition coefficient (Wildman–Crippen LogP) is 4.74. The third-order valence-corrected chi connectivity index (χ3v) is 7.18. The number of H-pyrrole nitrogens is 1. The van der Waals surface area contributed by atoms with E-state index in [1.165, 1.54) is 12.0 Å². The Balaban J connectivity index is 1.64. The quantitative estimate of drug-likeness (QED) is 0.274. The number of benzene rings is 2. The lowest BCUT2D eigenvalue weighted by atomic mass is 10.0. The lowest BCUT2D eigenvalue weighted by Gasteiger charge is -2.36. The zero-order chi connectivity index (χ0) is 30.4. The Labute approximate surface area is 244 Å². The van der Waals surface area contributed by atoms with Gasteiger partial charge in [-0.3, -0.25) is 9.80 Å². The molecule has 42 heavy (non-hydrogen) atoms. The molecule has 224 valence electrons. The number of ether oxygens (including phenoxy) is 3. The van der Waals surface area contributed by atoms with Crippen molar-refractivity contribution in [2.24, 2.45) is 0 Å². The van der Waals surface area contributed by atoms with Crippen molar-refractivity contribution in [2.75, 3.05) is 13.7 Å². The van der Waals surface area contributed by atoms with Gasteiger partial charge >= 0.3 is 24.1 Å². The van der Waals surface area contributed by atoms with E-state index in [4.69, 9.17) is 14.2 Å². The summed E-state index contributed by atoms with van der Waals surface area (Å²) in [6.07, 6.45) is 0.700. The molecule has 2 amide bonds. The van der Waals surface area contributed by atoms with Gasteiger partial charge in [0, 0.05) is 30.1 Å². The molecule has 1 aromatic heterocycles. The molecule has 0 aliphatic carbocycles. The average Bonchev–Trinajstić information content (AvgIpc) is 3.57. The Morgan fingerprint density at radius 1 is 1.05 bits per heavy atom. The Kier molecular flexibility index (Phi) is 9.39. The van der Waals surface area contributed by atoms with Crippen LogP contribution in [-0.4, -0.2) is 81.4 Å². The summed E-state index contributed by atoms with van der Waals surface area (Å²) >= 11 is 0. The van der Waals surface area contributed by atoms with Crippen LogP contribution < -0.4 is 0 Å². The van der Waals surface area contributed by atoms with E-state index < -0.39 is 47.9 Å². The molecule has 2 aromatic carbocycles. The number of methoxy groups -OCH3 is 1. The van der Waals surface area contributed by atoms with Crippen molar-refractivity contribution in [3.8, 4) is 0 Å². The summed E-state index contributed by atoms with van der Waals surface area (Å²) in [5.74, 6) is -1.85. The molecular weight excluding hydrogens is 542 g/mol. The van der Waals surface area contributed by atoms with E-state index in [1.807, 2.05) is 42.5 Å². The summed E-state index contributed by atoms with van der Waals surface area (Å²) in [5, 5.41) is 11.2. The minimum atomic E-state index is -1.32. The summed E-state index contributed by atoms with van der Waals surface area (Å²) in [6.45, 7) is 4.85. The normalized spacial score (nSPS) is 17.5. The van der Waals surface area contributed by atoms with Crippen molar-refractivity contribution in [3.63, 3.8) is 0 Å². The van der Waals surface area contributed by atoms with Gasteiger partial charge in [0.05, 0.1) is 13.2 Å². The number of carbonyl (C=O) groups is 4. The number of carboxylic acids is 1. The number of likely N-dealkylation sites (tertiary alicyclic amines) is 1. The Bertz CT molecular complexity index is 1410. The van der Waals surface area contributed by atoms with Crippen LogP contribution in [0.1, 0.15) is 44.7 Å². The number of aliphatic carboxylic acids is 1. The highest BCUT2D eigenvalue weighted by Crippen LogP contribution is 2.29. The van der Waals surface area contributed by atoms with E-state index in [9.17, 15) is 24.3 Å². The maximum Gasteiger partial charge on any atom is 0.411 e. The smallest absolute Gasteiger partial charge is 0.411 e. The van der Waals surface area contributed by atoms with Crippen LogP contribution in [-0.2, 0) is 36.8 Å². The maximum absolute atomic E-state index is 13.5. The number of aromatic nitrogens is 1. The molecule has 1 aliphatic rings. The minimum Gasteiger partial charge on any atom is -0.480 e. The standard InChI is InChI=1S/C31H37N3O8/c1-31(2,3)42-29(38)33(26(27(35)36)16-21-17-32-24-13-9-8-12-23(21)24)18-22-14-15-25(28(37)40-4)34(22)30(39)41-19-20-10-6-5-7-11-20/h5-13,17,22,25-26,32H,14-16,18-19H2,1-4H3,(H,35,36)/t22-,25-,26-/m1/s1. The number of carboxylic acid groups (broad SMARTS) is 1. The number of fused-ring (bicyclic) bond motifs is 1. The molecule has 1 aliphatic heterocycles. The number of para-hydroxylation sites is 1. The van der Waals surface area contributed by atoms with Crippen molar-refractivity contribution < 1.29 is 38.5 Å². The second kappa shape index (κ2) is 13.0. The highest BCUT2D eigenvalue weighted by molar-refractivity contribution is 5.86. The molecule has 4 rings (SSSR count). The van der Waals surface area contributed by atoms with Gasteiger partial charge in [-0.1, -0.05) is 48.5 Å². The minimum absolute atomic E-state index is 0.00973. The van der Waals surface area contributed by atoms with Gasteiger partial charge in [-0.2, -0.15) is 0 Å². The summed E-state index contributed by atoms with van der Waals surface area (Å²) in [5.41, 5.74) is 1.41. The van der Waals surface area contributed by atoms with Gasteiger partial charge in [0.15, 0.2) is 0 Å². The Morgan fingerprint density at radius 2 is 1.74 bits per heavy atom. The van der Waals surface area contributed by atoms with Gasteiger partial charge in [0.25, 0.3) is 0 Å². The van der Waals surface area contributed by atoms with Gasteiger partial charge in [0.1, 0.15) is 24.3 Å². The van der Waals surface area contributed by atoms with Crippen LogP contribution in [0.4, 0.5) is 9.59 Å². The number of rotatable bonds is 9. The fourth-order valence-corrected chi connectivity index (χ4v) is 5.22. The molecular formula is C31H37N3O8. The zero-order valence-electron chi connectivity index (χ0n) is 24.2. The van der Waals surface area contributed by atoms with Crippen molar-refractivity contribution in [1.29, 1.82) is 0 Å². The van der Waals surface area contributed by atoms with Gasteiger partial charge in [0.2, 0.25) is 0 Å².